The Labute approximate surface area is 452 Å². The van der Waals surface area contributed by atoms with Crippen LogP contribution in [-0.2, 0) is 27.8 Å². The van der Waals surface area contributed by atoms with Crippen LogP contribution in [0, 0.1) is 17.0 Å². The number of hydrogen-bond acceptors (Lipinski definition) is 13. The van der Waals surface area contributed by atoms with Crippen molar-refractivity contribution in [2.45, 2.75) is 126 Å². The number of aromatic nitrogens is 5. The minimum atomic E-state index is -3.00. The molecule has 21 heteroatoms. The first kappa shape index (κ1) is 51.6. The molecule has 3 amide bonds. The lowest BCUT2D eigenvalue weighted by Gasteiger charge is -2.61. The van der Waals surface area contributed by atoms with Gasteiger partial charge in [0.05, 0.1) is 28.5 Å². The number of rotatable bonds is 11. The molecule has 416 valence electrons. The Morgan fingerprint density at radius 2 is 1.70 bits per heavy atom. The molecule has 0 bridgehead atoms. The van der Waals surface area contributed by atoms with Gasteiger partial charge in [0.25, 0.3) is 5.92 Å². The first-order chi connectivity index (χ1) is 38.0. The molecule has 1 spiro atoms. The van der Waals surface area contributed by atoms with E-state index in [2.05, 4.69) is 42.2 Å². The first-order valence-electron chi connectivity index (χ1n) is 28.0. The summed E-state index contributed by atoms with van der Waals surface area (Å²) < 4.78 is 77.9. The fourth-order valence-electron chi connectivity index (χ4n) is 14.8. The number of carbonyl (C=O) groups excluding carboxylic acids is 3. The van der Waals surface area contributed by atoms with Crippen LogP contribution < -0.4 is 20.6 Å². The van der Waals surface area contributed by atoms with E-state index in [0.29, 0.717) is 59.7 Å². The van der Waals surface area contributed by atoms with Crippen LogP contribution in [0.25, 0.3) is 44.0 Å². The molecular formula is C58H64F4N10O7. The molecule has 1 saturated carbocycles. The van der Waals surface area contributed by atoms with Crippen molar-refractivity contribution in [3.05, 3.63) is 81.9 Å². The van der Waals surface area contributed by atoms with Crippen molar-refractivity contribution in [3.63, 3.8) is 0 Å². The molecule has 2 N–H and O–H groups in total. The third-order valence-corrected chi connectivity index (χ3v) is 18.8. The monoisotopic (exact) mass is 1090 g/mol. The van der Waals surface area contributed by atoms with E-state index in [1.165, 1.54) is 45.5 Å². The number of nitrogens with zero attached hydrogens (tertiary/aromatic N) is 9. The van der Waals surface area contributed by atoms with E-state index in [1.54, 1.807) is 18.5 Å². The van der Waals surface area contributed by atoms with Gasteiger partial charge in [0, 0.05) is 68.8 Å². The summed E-state index contributed by atoms with van der Waals surface area (Å²) in [4.78, 5) is 73.2. The molecule has 0 radical (unpaired) electrons. The summed E-state index contributed by atoms with van der Waals surface area (Å²) in [5.74, 6) is -4.87. The largest absolute Gasteiger partial charge is 0.508 e. The number of aryl methyl sites for hydroxylation is 2. The molecule has 79 heavy (non-hydrogen) atoms. The number of alkyl halides is 2. The van der Waals surface area contributed by atoms with E-state index in [9.17, 15) is 33.1 Å². The number of imidazole rings is 1. The number of nitrogens with one attached hydrogen (secondary N) is 1. The number of phenols is 1. The molecule has 1 aliphatic carbocycles. The van der Waals surface area contributed by atoms with Crippen LogP contribution in [0.15, 0.2) is 53.5 Å². The van der Waals surface area contributed by atoms with Crippen LogP contribution in [0.3, 0.4) is 0 Å². The van der Waals surface area contributed by atoms with Crippen LogP contribution in [0.2, 0.25) is 0 Å². The minimum absolute atomic E-state index is 0.0428. The van der Waals surface area contributed by atoms with Gasteiger partial charge in [-0.05, 0) is 148 Å². The van der Waals surface area contributed by atoms with Gasteiger partial charge in [0.15, 0.2) is 5.82 Å². The molecule has 1 unspecified atom stereocenters. The molecular weight excluding hydrogens is 1020 g/mol. The number of anilines is 1. The second-order valence-electron chi connectivity index (χ2n) is 23.6. The number of ether oxygens (including phenoxy) is 2. The smallest absolute Gasteiger partial charge is 0.409 e. The van der Waals surface area contributed by atoms with E-state index in [1.807, 2.05) is 11.0 Å². The van der Waals surface area contributed by atoms with Gasteiger partial charge in [0.1, 0.15) is 47.9 Å². The summed E-state index contributed by atoms with van der Waals surface area (Å²) in [5, 5.41) is 14.1. The van der Waals surface area contributed by atoms with Crippen molar-refractivity contribution in [2.24, 2.45) is 12.5 Å². The highest BCUT2D eigenvalue weighted by Gasteiger charge is 2.56. The van der Waals surface area contributed by atoms with Crippen molar-refractivity contribution in [2.75, 3.05) is 63.9 Å². The zero-order chi connectivity index (χ0) is 54.7. The molecule has 6 saturated heterocycles. The summed E-state index contributed by atoms with van der Waals surface area (Å²) >= 11 is 0. The quantitative estimate of drug-likeness (QED) is 0.0940. The van der Waals surface area contributed by atoms with Crippen molar-refractivity contribution in [1.82, 2.24) is 44.1 Å². The summed E-state index contributed by atoms with van der Waals surface area (Å²) in [6.07, 6.45) is 8.98. The van der Waals surface area contributed by atoms with Gasteiger partial charge in [-0.2, -0.15) is 9.97 Å². The van der Waals surface area contributed by atoms with Gasteiger partial charge in [0.2, 0.25) is 11.8 Å². The predicted octanol–water partition coefficient (Wildman–Crippen LogP) is 8.11. The molecule has 7 fully saturated rings. The highest BCUT2D eigenvalue weighted by molar-refractivity contribution is 6.02. The molecule has 7 aliphatic rings. The zero-order valence-electron chi connectivity index (χ0n) is 44.4. The number of amides is 3. The maximum atomic E-state index is 17.2. The number of carbonyl (C=O) groups is 3. The number of likely N-dealkylation sites (tertiary alicyclic amines) is 2. The number of fused-ring (bicyclic) bond motifs is 4. The number of aromatic hydroxyl groups is 1. The Morgan fingerprint density at radius 3 is 2.47 bits per heavy atom. The van der Waals surface area contributed by atoms with Gasteiger partial charge in [-0.25, -0.2) is 27.2 Å². The van der Waals surface area contributed by atoms with Crippen molar-refractivity contribution in [1.29, 1.82) is 0 Å². The van der Waals surface area contributed by atoms with E-state index in [0.717, 1.165) is 76.5 Å². The summed E-state index contributed by atoms with van der Waals surface area (Å²) in [6.45, 7) is 5.81. The summed E-state index contributed by atoms with van der Waals surface area (Å²) in [5.41, 5.74) is 2.16. The van der Waals surface area contributed by atoms with E-state index in [-0.39, 0.29) is 108 Å². The number of imide groups is 1. The molecule has 9 heterocycles. The van der Waals surface area contributed by atoms with E-state index < -0.39 is 41.6 Å². The maximum absolute atomic E-state index is 17.2. The third-order valence-electron chi connectivity index (χ3n) is 18.8. The third kappa shape index (κ3) is 8.93. The SMILES string of the molecule is CCc1c(F)ccc2cc(O)cc(-c3ncc4c(N5CCCC(F)(F)C5)nc(OC[C@@]56CCCN5[C@H](COC(=O)N5CC7(CC(N8CCC(c9ccc%10c(c9)n(C)c(=O)n%10C9CCC(=O)NC9=O)CC8)C7)C5)CC6)nc4c3F)c12. The fraction of sp³-hybridized carbons (Fsp3) is 0.534. The van der Waals surface area contributed by atoms with Gasteiger partial charge < -0.3 is 29.3 Å². The van der Waals surface area contributed by atoms with Gasteiger partial charge in [-0.3, -0.25) is 33.9 Å². The Balaban J connectivity index is 0.630. The Hall–Kier alpha value is -6.87. The minimum Gasteiger partial charge on any atom is -0.508 e. The van der Waals surface area contributed by atoms with Crippen LogP contribution >= 0.6 is 0 Å². The second-order valence-corrected chi connectivity index (χ2v) is 23.6. The van der Waals surface area contributed by atoms with E-state index >= 15 is 8.78 Å². The lowest BCUT2D eigenvalue weighted by atomic mass is 9.60. The average molecular weight is 1090 g/mol. The van der Waals surface area contributed by atoms with Crippen molar-refractivity contribution < 1.29 is 46.5 Å². The number of piperidine rings is 3. The van der Waals surface area contributed by atoms with Gasteiger partial charge in [-0.1, -0.05) is 19.1 Å². The standard InChI is InChI=1S/C58H64F4N10O7/c1-3-39-42(59)8-6-35-22-38(73)24-40(47(35)39)49-48(60)50-41(27-63-49)51(69-18-5-16-58(61,62)31-69)66-53(65-50)79-32-57-15-4-19-71(57)36(12-17-57)28-78-55(77)70-29-56(30-70)25-37(26-56)68-20-13-33(14-21-68)34-7-9-43-45(23-34)67(2)54(76)72(43)44-10-11-46(74)64-52(44)75/h6-9,22-24,27,33,36-37,44,73H,3-5,10-21,25-26,28-32H2,1-2H3,(H,64,74,75)/t36-,44?,57-/m0/s1. The predicted molar refractivity (Wildman–Crippen MR) is 285 cm³/mol. The molecule has 3 aromatic heterocycles. The lowest BCUT2D eigenvalue weighted by molar-refractivity contribution is -0.135. The summed E-state index contributed by atoms with van der Waals surface area (Å²) in [6, 6.07) is 11.3. The highest BCUT2D eigenvalue weighted by Crippen LogP contribution is 2.52. The second kappa shape index (κ2) is 19.4. The number of benzene rings is 3. The van der Waals surface area contributed by atoms with Crippen LogP contribution in [0.5, 0.6) is 11.8 Å². The number of pyridine rings is 1. The number of halogens is 4. The van der Waals surface area contributed by atoms with E-state index in [4.69, 9.17) is 9.47 Å². The molecule has 17 nitrogen and oxygen atoms in total. The topological polar surface area (TPSA) is 180 Å². The zero-order valence-corrected chi connectivity index (χ0v) is 44.4. The lowest BCUT2D eigenvalue weighted by Crippen LogP contribution is -2.68. The van der Waals surface area contributed by atoms with Crippen LogP contribution in [0.1, 0.15) is 107 Å². The number of hydrogen-bond donors (Lipinski definition) is 2. The molecule has 6 aromatic rings. The normalized spacial score (nSPS) is 24.6. The molecule has 6 aliphatic heterocycles. The maximum Gasteiger partial charge on any atom is 0.409 e. The van der Waals surface area contributed by atoms with Crippen molar-refractivity contribution >= 4 is 56.4 Å². The number of phenolic OH excluding ortho intramolecular Hbond substituents is 1. The van der Waals surface area contributed by atoms with Crippen LogP contribution in [0.4, 0.5) is 28.2 Å². The Morgan fingerprint density at radius 1 is 0.899 bits per heavy atom. The Bertz CT molecular complexity index is 3530. The van der Waals surface area contributed by atoms with Crippen molar-refractivity contribution in [3.8, 4) is 23.0 Å². The van der Waals surface area contributed by atoms with Gasteiger partial charge in [-0.15, -0.1) is 0 Å². The fourth-order valence-corrected chi connectivity index (χ4v) is 14.8. The first-order valence-corrected chi connectivity index (χ1v) is 28.0. The summed E-state index contributed by atoms with van der Waals surface area (Å²) in [7, 11) is 1.73. The molecule has 3 atom stereocenters. The van der Waals surface area contributed by atoms with Gasteiger partial charge >= 0.3 is 17.8 Å². The van der Waals surface area contributed by atoms with Crippen LogP contribution in [-0.4, -0.2) is 144 Å². The average Bonchev–Trinajstić information content (AvgIpc) is 4.24. The Kier molecular flexibility index (Phi) is 12.7. The molecule has 13 rings (SSSR count). The highest BCUT2D eigenvalue weighted by atomic mass is 19.3. The molecule has 3 aromatic carbocycles.